The van der Waals surface area contributed by atoms with E-state index in [-0.39, 0.29) is 0 Å². The van der Waals surface area contributed by atoms with Crippen molar-refractivity contribution >= 4 is 0 Å². The summed E-state index contributed by atoms with van der Waals surface area (Å²) in [6.45, 7) is 9.27. The highest BCUT2D eigenvalue weighted by molar-refractivity contribution is 4.81. The maximum Gasteiger partial charge on any atom is -0.0324 e. The molecule has 0 heteroatoms. The Labute approximate surface area is 104 Å². The molecule has 0 aromatic heterocycles. The summed E-state index contributed by atoms with van der Waals surface area (Å²) in [6, 6.07) is 0. The fraction of sp³-hybridized carbons (Fsp3) is 0.938. The second-order valence-electron chi connectivity index (χ2n) is 5.14. The third kappa shape index (κ3) is 8.19. The molecule has 16 heavy (non-hydrogen) atoms. The lowest BCUT2D eigenvalue weighted by Gasteiger charge is -2.20. The largest absolute Gasteiger partial charge is 0.0654 e. The van der Waals surface area contributed by atoms with E-state index in [2.05, 4.69) is 34.1 Å². The Morgan fingerprint density at radius 2 is 1.25 bits per heavy atom. The van der Waals surface area contributed by atoms with Crippen molar-refractivity contribution in [3.8, 4) is 0 Å². The van der Waals surface area contributed by atoms with Crippen LogP contribution in [0.25, 0.3) is 0 Å². The standard InChI is InChI=1S/C16H33/c1-5-9-10-11-12-13-16(8-4)14-15(6-2)7-3/h14-16H,5-13H2,1-4H3. The average molecular weight is 225 g/mol. The van der Waals surface area contributed by atoms with Crippen molar-refractivity contribution < 1.29 is 0 Å². The van der Waals surface area contributed by atoms with E-state index in [9.17, 15) is 0 Å². The molecule has 0 nitrogen and oxygen atoms in total. The van der Waals surface area contributed by atoms with Gasteiger partial charge in [0.05, 0.1) is 0 Å². The molecule has 0 aromatic rings. The fourth-order valence-corrected chi connectivity index (χ4v) is 2.39. The van der Waals surface area contributed by atoms with Crippen molar-refractivity contribution in [1.82, 2.24) is 0 Å². The molecule has 1 radical (unpaired) electrons. The van der Waals surface area contributed by atoms with E-state index in [4.69, 9.17) is 0 Å². The van der Waals surface area contributed by atoms with Crippen molar-refractivity contribution in [3.63, 3.8) is 0 Å². The van der Waals surface area contributed by atoms with Gasteiger partial charge in [0.15, 0.2) is 0 Å². The minimum Gasteiger partial charge on any atom is -0.0654 e. The molecule has 0 heterocycles. The topological polar surface area (TPSA) is 0 Å². The third-order valence-electron chi connectivity index (χ3n) is 3.80. The summed E-state index contributed by atoms with van der Waals surface area (Å²) < 4.78 is 0. The summed E-state index contributed by atoms with van der Waals surface area (Å²) in [4.78, 5) is 0. The second kappa shape index (κ2) is 11.5. The second-order valence-corrected chi connectivity index (χ2v) is 5.14. The van der Waals surface area contributed by atoms with E-state index in [1.165, 1.54) is 57.8 Å². The first-order valence-corrected chi connectivity index (χ1v) is 7.63. The lowest BCUT2D eigenvalue weighted by Crippen LogP contribution is -2.08. The maximum atomic E-state index is 2.64. The highest BCUT2D eigenvalue weighted by Gasteiger charge is 2.12. The van der Waals surface area contributed by atoms with Gasteiger partial charge in [-0.25, -0.2) is 0 Å². The van der Waals surface area contributed by atoms with Crippen LogP contribution in [0, 0.1) is 18.3 Å². The van der Waals surface area contributed by atoms with Crippen LogP contribution in [0.1, 0.15) is 85.5 Å². The van der Waals surface area contributed by atoms with E-state index in [0.29, 0.717) is 0 Å². The molecule has 0 rings (SSSR count). The van der Waals surface area contributed by atoms with Gasteiger partial charge in [-0.1, -0.05) is 85.5 Å². The van der Waals surface area contributed by atoms with E-state index in [1.54, 1.807) is 0 Å². The zero-order valence-corrected chi connectivity index (χ0v) is 12.1. The average Bonchev–Trinajstić information content (AvgIpc) is 2.33. The van der Waals surface area contributed by atoms with Crippen molar-refractivity contribution in [2.75, 3.05) is 0 Å². The number of rotatable bonds is 11. The van der Waals surface area contributed by atoms with E-state index in [0.717, 1.165) is 11.8 Å². The van der Waals surface area contributed by atoms with E-state index >= 15 is 0 Å². The molecular weight excluding hydrogens is 192 g/mol. The number of unbranched alkanes of at least 4 members (excludes halogenated alkanes) is 4. The fourth-order valence-electron chi connectivity index (χ4n) is 2.39. The van der Waals surface area contributed by atoms with Gasteiger partial charge in [-0.15, -0.1) is 0 Å². The predicted octanol–water partition coefficient (Wildman–Crippen LogP) is 6.01. The van der Waals surface area contributed by atoms with Gasteiger partial charge in [-0.05, 0) is 18.3 Å². The van der Waals surface area contributed by atoms with Crippen molar-refractivity contribution in [2.24, 2.45) is 11.8 Å². The van der Waals surface area contributed by atoms with Gasteiger partial charge < -0.3 is 0 Å². The van der Waals surface area contributed by atoms with Gasteiger partial charge in [0.25, 0.3) is 0 Å². The molecule has 0 aromatic carbocycles. The predicted molar refractivity (Wildman–Crippen MR) is 75.5 cm³/mol. The Balaban J connectivity index is 3.57. The van der Waals surface area contributed by atoms with Crippen LogP contribution < -0.4 is 0 Å². The van der Waals surface area contributed by atoms with Crippen LogP contribution in [-0.2, 0) is 0 Å². The monoisotopic (exact) mass is 225 g/mol. The highest BCUT2D eigenvalue weighted by Crippen LogP contribution is 2.24. The number of hydrogen-bond acceptors (Lipinski definition) is 0. The molecular formula is C16H33. The summed E-state index contributed by atoms with van der Waals surface area (Å²) in [7, 11) is 0. The minimum atomic E-state index is 0.862. The van der Waals surface area contributed by atoms with E-state index < -0.39 is 0 Å². The van der Waals surface area contributed by atoms with Gasteiger partial charge in [-0.3, -0.25) is 0 Å². The van der Waals surface area contributed by atoms with Gasteiger partial charge in [0.1, 0.15) is 0 Å². The number of hydrogen-bond donors (Lipinski definition) is 0. The summed E-state index contributed by atoms with van der Waals surface area (Å²) in [5.41, 5.74) is 0. The lowest BCUT2D eigenvalue weighted by molar-refractivity contribution is 0.418. The molecule has 0 aliphatic rings. The Kier molecular flexibility index (Phi) is 11.5. The molecule has 0 amide bonds. The van der Waals surface area contributed by atoms with E-state index in [1.807, 2.05) is 0 Å². The lowest BCUT2D eigenvalue weighted by atomic mass is 9.86. The van der Waals surface area contributed by atoms with Crippen LogP contribution in [0.15, 0.2) is 0 Å². The van der Waals surface area contributed by atoms with Crippen LogP contribution in [-0.4, -0.2) is 0 Å². The van der Waals surface area contributed by atoms with Gasteiger partial charge in [0.2, 0.25) is 0 Å². The SMILES string of the molecule is CCCCCCCC([CH]C(CC)CC)CC. The molecule has 0 spiro atoms. The first-order chi connectivity index (χ1) is 7.78. The molecule has 0 saturated carbocycles. The normalized spacial score (nSPS) is 13.3. The van der Waals surface area contributed by atoms with Crippen LogP contribution in [0.2, 0.25) is 0 Å². The summed E-state index contributed by atoms with van der Waals surface area (Å²) in [5.74, 6) is 1.74. The summed E-state index contributed by atoms with van der Waals surface area (Å²) in [5, 5.41) is 0. The van der Waals surface area contributed by atoms with Crippen LogP contribution in [0.5, 0.6) is 0 Å². The van der Waals surface area contributed by atoms with Gasteiger partial charge in [-0.2, -0.15) is 0 Å². The third-order valence-corrected chi connectivity index (χ3v) is 3.80. The quantitative estimate of drug-likeness (QED) is 0.377. The van der Waals surface area contributed by atoms with Crippen LogP contribution in [0.4, 0.5) is 0 Å². The molecule has 1 unspecified atom stereocenters. The molecule has 97 valence electrons. The Morgan fingerprint density at radius 1 is 0.688 bits per heavy atom. The molecule has 0 N–H and O–H groups in total. The molecule has 0 aliphatic heterocycles. The van der Waals surface area contributed by atoms with Gasteiger partial charge in [0, 0.05) is 0 Å². The maximum absolute atomic E-state index is 2.64. The molecule has 0 bridgehead atoms. The molecule has 0 saturated heterocycles. The molecule has 1 atom stereocenters. The summed E-state index contributed by atoms with van der Waals surface area (Å²) >= 11 is 0. The first kappa shape index (κ1) is 16.0. The highest BCUT2D eigenvalue weighted by atomic mass is 14.2. The zero-order chi connectivity index (χ0) is 12.2. The van der Waals surface area contributed by atoms with Crippen molar-refractivity contribution in [3.05, 3.63) is 6.42 Å². The smallest absolute Gasteiger partial charge is 0.0324 e. The molecule has 0 fully saturated rings. The van der Waals surface area contributed by atoms with Gasteiger partial charge >= 0.3 is 0 Å². The van der Waals surface area contributed by atoms with Crippen LogP contribution >= 0.6 is 0 Å². The first-order valence-electron chi connectivity index (χ1n) is 7.63. The Morgan fingerprint density at radius 3 is 1.75 bits per heavy atom. The summed E-state index contributed by atoms with van der Waals surface area (Å²) in [6.07, 6.45) is 15.2. The van der Waals surface area contributed by atoms with Crippen LogP contribution in [0.3, 0.4) is 0 Å². The minimum absolute atomic E-state index is 0.862. The van der Waals surface area contributed by atoms with Crippen molar-refractivity contribution in [2.45, 2.75) is 85.5 Å². The Bertz CT molecular complexity index is 124. The molecule has 0 aliphatic carbocycles. The zero-order valence-electron chi connectivity index (χ0n) is 12.1. The van der Waals surface area contributed by atoms with Crippen molar-refractivity contribution in [1.29, 1.82) is 0 Å². The Hall–Kier alpha value is 0.